The quantitative estimate of drug-likeness (QED) is 0.670. The van der Waals surface area contributed by atoms with E-state index in [0.29, 0.717) is 0 Å². The van der Waals surface area contributed by atoms with Crippen LogP contribution in [0.2, 0.25) is 0 Å². The average molecular weight is 222 g/mol. The van der Waals surface area contributed by atoms with Gasteiger partial charge in [0.05, 0.1) is 12.1 Å². The highest BCUT2D eigenvalue weighted by atomic mass is 32.2. The predicted molar refractivity (Wildman–Crippen MR) is 54.0 cm³/mol. The maximum atomic E-state index is 11.7. The molecule has 0 aromatic heterocycles. The Morgan fingerprint density at radius 2 is 2.00 bits per heavy atom. The summed E-state index contributed by atoms with van der Waals surface area (Å²) in [7, 11) is -1.97. The predicted octanol–water partition coefficient (Wildman–Crippen LogP) is -0.314. The van der Waals surface area contributed by atoms with E-state index in [0.717, 1.165) is 12.8 Å². The normalized spacial score (nSPS) is 18.9. The number of hydrogen-bond donors (Lipinski definition) is 2. The lowest BCUT2D eigenvalue weighted by Gasteiger charge is -2.32. The minimum absolute atomic E-state index is 0.0944. The summed E-state index contributed by atoms with van der Waals surface area (Å²) in [5.74, 6) is 0. The lowest BCUT2D eigenvalue weighted by Crippen LogP contribution is -2.52. The van der Waals surface area contributed by atoms with Gasteiger partial charge in [-0.1, -0.05) is 0 Å². The Labute approximate surface area is 85.3 Å². The van der Waals surface area contributed by atoms with Gasteiger partial charge in [-0.3, -0.25) is 0 Å². The van der Waals surface area contributed by atoms with Gasteiger partial charge >= 0.3 is 0 Å². The molecule has 0 heterocycles. The van der Waals surface area contributed by atoms with E-state index in [9.17, 15) is 8.42 Å². The van der Waals surface area contributed by atoms with E-state index in [2.05, 4.69) is 4.72 Å². The Morgan fingerprint density at radius 3 is 2.36 bits per heavy atom. The van der Waals surface area contributed by atoms with Crippen molar-refractivity contribution < 1.29 is 13.5 Å². The average Bonchev–Trinajstić information content (AvgIpc) is 2.86. The summed E-state index contributed by atoms with van der Waals surface area (Å²) < 4.78 is 27.1. The zero-order chi connectivity index (χ0) is 11.0. The summed E-state index contributed by atoms with van der Waals surface area (Å²) >= 11 is 0. The summed E-state index contributed by atoms with van der Waals surface area (Å²) in [6, 6.07) is 0.0944. The zero-order valence-corrected chi connectivity index (χ0v) is 9.63. The van der Waals surface area contributed by atoms with Crippen LogP contribution >= 0.6 is 0 Å². The molecule has 5 nitrogen and oxygen atoms in total. The van der Waals surface area contributed by atoms with E-state index in [4.69, 9.17) is 5.11 Å². The van der Waals surface area contributed by atoms with Gasteiger partial charge in [-0.2, -0.15) is 17.4 Å². The molecule has 1 rings (SSSR count). The van der Waals surface area contributed by atoms with Gasteiger partial charge in [0.25, 0.3) is 10.2 Å². The number of hydrogen-bond acceptors (Lipinski definition) is 3. The first-order chi connectivity index (χ1) is 6.29. The van der Waals surface area contributed by atoms with Crippen molar-refractivity contribution in [1.29, 1.82) is 0 Å². The molecule has 0 radical (unpaired) electrons. The van der Waals surface area contributed by atoms with Crippen LogP contribution in [0.25, 0.3) is 0 Å². The molecule has 1 saturated carbocycles. The summed E-state index contributed by atoms with van der Waals surface area (Å²) in [4.78, 5) is 0. The van der Waals surface area contributed by atoms with Crippen LogP contribution in [0.15, 0.2) is 0 Å². The summed E-state index contributed by atoms with van der Waals surface area (Å²) in [6.07, 6.45) is 1.82. The zero-order valence-electron chi connectivity index (χ0n) is 8.82. The van der Waals surface area contributed by atoms with Crippen molar-refractivity contribution >= 4 is 10.2 Å². The first kappa shape index (κ1) is 11.9. The molecule has 1 aliphatic carbocycles. The molecule has 0 atom stereocenters. The molecule has 6 heteroatoms. The van der Waals surface area contributed by atoms with E-state index in [1.807, 2.05) is 0 Å². The summed E-state index contributed by atoms with van der Waals surface area (Å²) in [5.41, 5.74) is -0.763. The molecule has 0 unspecified atom stereocenters. The highest BCUT2D eigenvalue weighted by molar-refractivity contribution is 7.87. The highest BCUT2D eigenvalue weighted by Crippen LogP contribution is 2.22. The Hall–Kier alpha value is -0.170. The molecule has 0 aromatic carbocycles. The molecule has 0 amide bonds. The van der Waals surface area contributed by atoms with Crippen molar-refractivity contribution in [2.45, 2.75) is 38.3 Å². The second-order valence-corrected chi connectivity index (χ2v) is 6.07. The molecule has 1 aliphatic rings. The van der Waals surface area contributed by atoms with Gasteiger partial charge in [0.15, 0.2) is 0 Å². The molecular formula is C8H18N2O3S. The van der Waals surface area contributed by atoms with Crippen molar-refractivity contribution in [2.75, 3.05) is 13.7 Å². The van der Waals surface area contributed by atoms with Crippen LogP contribution in [0.1, 0.15) is 26.7 Å². The lowest BCUT2D eigenvalue weighted by molar-refractivity contribution is 0.137. The highest BCUT2D eigenvalue weighted by Gasteiger charge is 2.36. The molecule has 0 aliphatic heterocycles. The van der Waals surface area contributed by atoms with Crippen LogP contribution in [0.4, 0.5) is 0 Å². The maximum absolute atomic E-state index is 11.7. The Morgan fingerprint density at radius 1 is 1.50 bits per heavy atom. The largest absolute Gasteiger partial charge is 0.394 e. The van der Waals surface area contributed by atoms with Gasteiger partial charge in [0.1, 0.15) is 0 Å². The number of nitrogens with one attached hydrogen (secondary N) is 1. The number of nitrogens with zero attached hydrogens (tertiary/aromatic N) is 1. The van der Waals surface area contributed by atoms with Gasteiger partial charge in [0, 0.05) is 13.1 Å². The van der Waals surface area contributed by atoms with E-state index < -0.39 is 15.7 Å². The third-order valence-electron chi connectivity index (χ3n) is 2.49. The number of rotatable bonds is 5. The number of aliphatic hydroxyl groups is 1. The van der Waals surface area contributed by atoms with E-state index in [1.54, 1.807) is 13.8 Å². The van der Waals surface area contributed by atoms with Gasteiger partial charge in [-0.25, -0.2) is 0 Å². The van der Waals surface area contributed by atoms with E-state index >= 15 is 0 Å². The van der Waals surface area contributed by atoms with E-state index in [1.165, 1.54) is 11.4 Å². The van der Waals surface area contributed by atoms with Gasteiger partial charge in [-0.15, -0.1) is 0 Å². The van der Waals surface area contributed by atoms with Gasteiger partial charge in [0.2, 0.25) is 0 Å². The van der Waals surface area contributed by atoms with Crippen molar-refractivity contribution in [3.05, 3.63) is 0 Å². The molecule has 84 valence electrons. The van der Waals surface area contributed by atoms with Crippen LogP contribution in [-0.4, -0.2) is 43.1 Å². The van der Waals surface area contributed by atoms with Crippen molar-refractivity contribution in [1.82, 2.24) is 9.03 Å². The smallest absolute Gasteiger partial charge is 0.280 e. The Kier molecular flexibility index (Phi) is 3.20. The standard InChI is InChI=1S/C8H18N2O3S/c1-8(2,6-11)10(3)14(12,13)9-7-4-5-7/h7,9,11H,4-6H2,1-3H3. The molecule has 0 aromatic rings. The minimum atomic E-state index is -3.44. The first-order valence-corrected chi connectivity index (χ1v) is 6.11. The molecule has 0 bridgehead atoms. The number of aliphatic hydroxyl groups excluding tert-OH is 1. The van der Waals surface area contributed by atoms with Crippen LogP contribution in [0.3, 0.4) is 0 Å². The van der Waals surface area contributed by atoms with Crippen LogP contribution in [0, 0.1) is 0 Å². The van der Waals surface area contributed by atoms with Gasteiger partial charge < -0.3 is 5.11 Å². The molecule has 14 heavy (non-hydrogen) atoms. The first-order valence-electron chi connectivity index (χ1n) is 4.67. The monoisotopic (exact) mass is 222 g/mol. The summed E-state index contributed by atoms with van der Waals surface area (Å²) in [6.45, 7) is 3.16. The Bertz CT molecular complexity index is 296. The third kappa shape index (κ3) is 2.66. The SMILES string of the molecule is CN(C(C)(C)CO)S(=O)(=O)NC1CC1. The molecular weight excluding hydrogens is 204 g/mol. The van der Waals surface area contributed by atoms with E-state index in [-0.39, 0.29) is 12.6 Å². The topological polar surface area (TPSA) is 69.6 Å². The van der Waals surface area contributed by atoms with Crippen molar-refractivity contribution in [3.63, 3.8) is 0 Å². The van der Waals surface area contributed by atoms with Crippen LogP contribution in [-0.2, 0) is 10.2 Å². The fourth-order valence-electron chi connectivity index (χ4n) is 0.916. The molecule has 2 N–H and O–H groups in total. The second-order valence-electron chi connectivity index (χ2n) is 4.34. The second kappa shape index (κ2) is 3.77. The fourth-order valence-corrected chi connectivity index (χ4v) is 2.44. The molecule has 0 spiro atoms. The minimum Gasteiger partial charge on any atom is -0.394 e. The Balaban J connectivity index is 2.70. The fraction of sp³-hybridized carbons (Fsp3) is 1.00. The van der Waals surface area contributed by atoms with Gasteiger partial charge in [-0.05, 0) is 26.7 Å². The summed E-state index contributed by atoms with van der Waals surface area (Å²) in [5, 5.41) is 9.04. The molecule has 1 fully saturated rings. The number of likely N-dealkylation sites (N-methyl/N-ethyl adjacent to an activating group) is 1. The molecule has 0 saturated heterocycles. The van der Waals surface area contributed by atoms with Crippen LogP contribution < -0.4 is 4.72 Å². The lowest BCUT2D eigenvalue weighted by atomic mass is 10.1. The van der Waals surface area contributed by atoms with Crippen LogP contribution in [0.5, 0.6) is 0 Å². The maximum Gasteiger partial charge on any atom is 0.280 e. The third-order valence-corrected chi connectivity index (χ3v) is 4.34. The van der Waals surface area contributed by atoms with Crippen molar-refractivity contribution in [3.8, 4) is 0 Å². The van der Waals surface area contributed by atoms with Crippen molar-refractivity contribution in [2.24, 2.45) is 0 Å².